The van der Waals surface area contributed by atoms with E-state index in [1.807, 2.05) is 37.3 Å². The first-order valence-corrected chi connectivity index (χ1v) is 11.7. The van der Waals surface area contributed by atoms with Crippen molar-refractivity contribution in [1.29, 1.82) is 0 Å². The first-order chi connectivity index (χ1) is 16.9. The monoisotopic (exact) mass is 534 g/mol. The molecule has 35 heavy (non-hydrogen) atoms. The zero-order chi connectivity index (χ0) is 24.9. The molecule has 0 radical (unpaired) electrons. The molecular formula is C27H23BrN2O5. The number of barbiturate groups is 1. The van der Waals surface area contributed by atoms with Gasteiger partial charge in [0.1, 0.15) is 17.1 Å². The van der Waals surface area contributed by atoms with E-state index in [0.717, 1.165) is 20.5 Å². The molecule has 0 aliphatic carbocycles. The van der Waals surface area contributed by atoms with Gasteiger partial charge >= 0.3 is 6.03 Å². The van der Waals surface area contributed by atoms with Crippen LogP contribution in [0.3, 0.4) is 0 Å². The lowest BCUT2D eigenvalue weighted by Crippen LogP contribution is -2.54. The van der Waals surface area contributed by atoms with Gasteiger partial charge < -0.3 is 9.47 Å². The van der Waals surface area contributed by atoms with Crippen molar-refractivity contribution < 1.29 is 23.9 Å². The van der Waals surface area contributed by atoms with E-state index in [1.54, 1.807) is 43.5 Å². The standard InChI is InChI=1S/C27H23BrN2O5/c1-3-35-21-12-10-20(11-13-21)30-26(32)22(25(31)29-27(30)33)14-17-8-9-19(24(15-17)34-2)16-18-6-4-5-7-23(18)28/h4-15H,3,16H2,1-2H3,(H,29,31,33)/b22-14+. The van der Waals surface area contributed by atoms with Crippen molar-refractivity contribution in [2.24, 2.45) is 0 Å². The van der Waals surface area contributed by atoms with E-state index >= 15 is 0 Å². The number of ether oxygens (including phenoxy) is 2. The van der Waals surface area contributed by atoms with Crippen molar-refractivity contribution in [2.75, 3.05) is 18.6 Å². The highest BCUT2D eigenvalue weighted by molar-refractivity contribution is 9.10. The van der Waals surface area contributed by atoms with E-state index in [2.05, 4.69) is 21.2 Å². The Morgan fingerprint density at radius 3 is 2.40 bits per heavy atom. The SMILES string of the molecule is CCOc1ccc(N2C(=O)NC(=O)/C(=C\c3ccc(Cc4ccccc4Br)c(OC)c3)C2=O)cc1. The summed E-state index contributed by atoms with van der Waals surface area (Å²) < 4.78 is 12.0. The molecule has 0 saturated carbocycles. The summed E-state index contributed by atoms with van der Waals surface area (Å²) >= 11 is 3.56. The normalized spacial score (nSPS) is 14.8. The van der Waals surface area contributed by atoms with Crippen LogP contribution in [0.25, 0.3) is 6.08 Å². The molecule has 0 spiro atoms. The fourth-order valence-corrected chi connectivity index (χ4v) is 4.19. The molecule has 0 atom stereocenters. The number of hydrogen-bond acceptors (Lipinski definition) is 5. The average Bonchev–Trinajstić information content (AvgIpc) is 2.85. The number of urea groups is 1. The lowest BCUT2D eigenvalue weighted by atomic mass is 10.0. The number of nitrogens with zero attached hydrogens (tertiary/aromatic N) is 1. The molecule has 1 fully saturated rings. The van der Waals surface area contributed by atoms with Gasteiger partial charge in [0.25, 0.3) is 11.8 Å². The molecule has 7 nitrogen and oxygen atoms in total. The predicted octanol–water partition coefficient (Wildman–Crippen LogP) is 5.11. The molecule has 8 heteroatoms. The summed E-state index contributed by atoms with van der Waals surface area (Å²) in [5.41, 5.74) is 2.82. The molecule has 3 aromatic carbocycles. The van der Waals surface area contributed by atoms with Crippen LogP contribution in [0.5, 0.6) is 11.5 Å². The number of hydrogen-bond donors (Lipinski definition) is 1. The van der Waals surface area contributed by atoms with Gasteiger partial charge in [-0.2, -0.15) is 0 Å². The Balaban J connectivity index is 1.63. The third-order valence-corrected chi connectivity index (χ3v) is 6.24. The summed E-state index contributed by atoms with van der Waals surface area (Å²) in [6, 6.07) is 19.1. The second-order valence-corrected chi connectivity index (χ2v) is 8.58. The van der Waals surface area contributed by atoms with E-state index in [0.29, 0.717) is 35.8 Å². The second kappa shape index (κ2) is 10.6. The maximum atomic E-state index is 13.2. The fraction of sp³-hybridized carbons (Fsp3) is 0.148. The first-order valence-electron chi connectivity index (χ1n) is 11.0. The van der Waals surface area contributed by atoms with E-state index in [4.69, 9.17) is 9.47 Å². The Kier molecular flexibility index (Phi) is 7.31. The van der Waals surface area contributed by atoms with E-state index in [1.165, 1.54) is 6.08 Å². The summed E-state index contributed by atoms with van der Waals surface area (Å²) in [5.74, 6) is -0.224. The first kappa shape index (κ1) is 24.2. The predicted molar refractivity (Wildman–Crippen MR) is 137 cm³/mol. The highest BCUT2D eigenvalue weighted by Gasteiger charge is 2.36. The van der Waals surface area contributed by atoms with Crippen LogP contribution < -0.4 is 19.7 Å². The van der Waals surface area contributed by atoms with Gasteiger partial charge in [0.2, 0.25) is 0 Å². The lowest BCUT2D eigenvalue weighted by Gasteiger charge is -2.26. The number of amides is 4. The maximum absolute atomic E-state index is 13.2. The van der Waals surface area contributed by atoms with Gasteiger partial charge in [-0.1, -0.05) is 46.3 Å². The molecule has 1 aliphatic rings. The fourth-order valence-electron chi connectivity index (χ4n) is 3.76. The maximum Gasteiger partial charge on any atom is 0.335 e. The largest absolute Gasteiger partial charge is 0.496 e. The molecular weight excluding hydrogens is 512 g/mol. The third-order valence-electron chi connectivity index (χ3n) is 5.47. The minimum atomic E-state index is -0.803. The second-order valence-electron chi connectivity index (χ2n) is 7.72. The minimum absolute atomic E-state index is 0.154. The molecule has 3 aromatic rings. The molecule has 0 aromatic heterocycles. The summed E-state index contributed by atoms with van der Waals surface area (Å²) in [6.45, 7) is 2.36. The van der Waals surface area contributed by atoms with Crippen molar-refractivity contribution in [1.82, 2.24) is 5.32 Å². The van der Waals surface area contributed by atoms with Gasteiger partial charge in [-0.25, -0.2) is 9.69 Å². The highest BCUT2D eigenvalue weighted by atomic mass is 79.9. The van der Waals surface area contributed by atoms with Crippen molar-refractivity contribution in [3.05, 3.63) is 93.5 Å². The Morgan fingerprint density at radius 1 is 0.971 bits per heavy atom. The van der Waals surface area contributed by atoms with Crippen LogP contribution in [0.1, 0.15) is 23.6 Å². The van der Waals surface area contributed by atoms with Crippen LogP contribution in [-0.2, 0) is 16.0 Å². The Morgan fingerprint density at radius 2 is 1.71 bits per heavy atom. The quantitative estimate of drug-likeness (QED) is 0.336. The molecule has 4 rings (SSSR count). The Bertz CT molecular complexity index is 1320. The number of anilines is 1. The van der Waals surface area contributed by atoms with Crippen LogP contribution in [0.15, 0.2) is 76.8 Å². The number of methoxy groups -OCH3 is 1. The summed E-state index contributed by atoms with van der Waals surface area (Å²) in [5, 5.41) is 2.24. The van der Waals surface area contributed by atoms with Crippen LogP contribution in [-0.4, -0.2) is 31.6 Å². The van der Waals surface area contributed by atoms with Gasteiger partial charge in [-0.3, -0.25) is 14.9 Å². The van der Waals surface area contributed by atoms with E-state index < -0.39 is 17.8 Å². The number of imide groups is 2. The number of halogens is 1. The van der Waals surface area contributed by atoms with Crippen molar-refractivity contribution in [3.63, 3.8) is 0 Å². The highest BCUT2D eigenvalue weighted by Crippen LogP contribution is 2.29. The number of rotatable bonds is 7. The summed E-state index contributed by atoms with van der Waals surface area (Å²) in [4.78, 5) is 39.1. The smallest absolute Gasteiger partial charge is 0.335 e. The van der Waals surface area contributed by atoms with Crippen LogP contribution in [0.2, 0.25) is 0 Å². The zero-order valence-electron chi connectivity index (χ0n) is 19.2. The average molecular weight is 535 g/mol. The van der Waals surface area contributed by atoms with Crippen molar-refractivity contribution >= 4 is 45.5 Å². The molecule has 0 bridgehead atoms. The van der Waals surface area contributed by atoms with Crippen molar-refractivity contribution in [2.45, 2.75) is 13.3 Å². The minimum Gasteiger partial charge on any atom is -0.496 e. The number of benzene rings is 3. The lowest BCUT2D eigenvalue weighted by molar-refractivity contribution is -0.122. The molecule has 0 unspecified atom stereocenters. The summed E-state index contributed by atoms with van der Waals surface area (Å²) in [7, 11) is 1.57. The van der Waals surface area contributed by atoms with E-state index in [9.17, 15) is 14.4 Å². The molecule has 4 amide bonds. The van der Waals surface area contributed by atoms with Gasteiger partial charge in [-0.15, -0.1) is 0 Å². The molecule has 178 valence electrons. The van der Waals surface area contributed by atoms with Gasteiger partial charge in [-0.05, 0) is 66.1 Å². The zero-order valence-corrected chi connectivity index (χ0v) is 20.8. The molecule has 1 saturated heterocycles. The number of nitrogens with one attached hydrogen (secondary N) is 1. The van der Waals surface area contributed by atoms with Crippen LogP contribution in [0.4, 0.5) is 10.5 Å². The third kappa shape index (κ3) is 5.27. The van der Waals surface area contributed by atoms with Crippen molar-refractivity contribution in [3.8, 4) is 11.5 Å². The summed E-state index contributed by atoms with van der Waals surface area (Å²) in [6.07, 6.45) is 2.09. The van der Waals surface area contributed by atoms with Crippen LogP contribution >= 0.6 is 15.9 Å². The van der Waals surface area contributed by atoms with Crippen LogP contribution in [0, 0.1) is 0 Å². The van der Waals surface area contributed by atoms with Gasteiger partial charge in [0.15, 0.2) is 0 Å². The molecule has 1 heterocycles. The molecule has 1 N–H and O–H groups in total. The van der Waals surface area contributed by atoms with Gasteiger partial charge in [0, 0.05) is 10.9 Å². The Labute approximate surface area is 211 Å². The number of carbonyl (C=O) groups excluding carboxylic acids is 3. The topological polar surface area (TPSA) is 84.9 Å². The molecule has 1 aliphatic heterocycles. The van der Waals surface area contributed by atoms with E-state index in [-0.39, 0.29) is 5.57 Å². The number of carbonyl (C=O) groups is 3. The Hall–Kier alpha value is -3.91. The van der Waals surface area contributed by atoms with Gasteiger partial charge in [0.05, 0.1) is 19.4 Å².